The quantitative estimate of drug-likeness (QED) is 0.330. The zero-order valence-electron chi connectivity index (χ0n) is 14.8. The lowest BCUT2D eigenvalue weighted by Gasteiger charge is -2.08. The fraction of sp³-hybridized carbons (Fsp3) is 0.190. The van der Waals surface area contributed by atoms with Gasteiger partial charge in [0.15, 0.2) is 12.4 Å². The van der Waals surface area contributed by atoms with Gasteiger partial charge in [0.2, 0.25) is 0 Å². The van der Waals surface area contributed by atoms with Crippen molar-refractivity contribution in [1.29, 1.82) is 0 Å². The normalized spacial score (nSPS) is 10.1. The van der Waals surface area contributed by atoms with E-state index < -0.39 is 18.5 Å². The number of Topliss-reactive ketones (excluding diaryl/α,β-unsaturated/α-hetero) is 1. The summed E-state index contributed by atoms with van der Waals surface area (Å²) in [4.78, 5) is 35.8. The third kappa shape index (κ3) is 5.70. The van der Waals surface area contributed by atoms with Crippen LogP contribution in [0.5, 0.6) is 5.75 Å². The monoisotopic (exact) mass is 352 g/mol. The van der Waals surface area contributed by atoms with Crippen molar-refractivity contribution < 1.29 is 23.9 Å². The molecule has 0 saturated heterocycles. The number of carbonyl (C=O) groups excluding carboxylic acids is 3. The Hall–Kier alpha value is -3.21. The number of hydrogen-bond donors (Lipinski definition) is 0. The molecule has 2 aromatic carbocycles. The number of benzene rings is 2. The molecule has 0 aromatic heterocycles. The molecular formula is C21H20O5. The maximum atomic E-state index is 12.0. The Morgan fingerprint density at radius 3 is 2.27 bits per heavy atom. The summed E-state index contributed by atoms with van der Waals surface area (Å²) >= 11 is 0. The van der Waals surface area contributed by atoms with E-state index in [-0.39, 0.29) is 17.8 Å². The Morgan fingerprint density at radius 2 is 1.62 bits per heavy atom. The lowest BCUT2D eigenvalue weighted by atomic mass is 10.1. The molecule has 0 atom stereocenters. The van der Waals surface area contributed by atoms with Crippen molar-refractivity contribution in [2.75, 3.05) is 6.61 Å². The van der Waals surface area contributed by atoms with Crippen LogP contribution in [-0.4, -0.2) is 24.3 Å². The fourth-order valence-corrected chi connectivity index (χ4v) is 2.23. The van der Waals surface area contributed by atoms with Gasteiger partial charge in [-0.1, -0.05) is 42.5 Å². The minimum absolute atomic E-state index is 0.0697. The maximum absolute atomic E-state index is 12.0. The Bertz CT molecular complexity index is 851. The van der Waals surface area contributed by atoms with E-state index in [0.29, 0.717) is 11.3 Å². The Kier molecular flexibility index (Phi) is 6.44. The Morgan fingerprint density at radius 1 is 0.962 bits per heavy atom. The van der Waals surface area contributed by atoms with Gasteiger partial charge in [-0.3, -0.25) is 9.59 Å². The zero-order valence-corrected chi connectivity index (χ0v) is 14.8. The minimum Gasteiger partial charge on any atom is -0.454 e. The van der Waals surface area contributed by atoms with Crippen LogP contribution in [0.2, 0.25) is 0 Å². The van der Waals surface area contributed by atoms with Crippen LogP contribution in [0.3, 0.4) is 0 Å². The molecule has 0 aliphatic rings. The van der Waals surface area contributed by atoms with Crippen LogP contribution in [0.25, 0.3) is 0 Å². The number of carbonyl (C=O) groups is 3. The van der Waals surface area contributed by atoms with Crippen molar-refractivity contribution in [3.05, 3.63) is 77.4 Å². The van der Waals surface area contributed by atoms with Crippen LogP contribution >= 0.6 is 0 Å². The molecule has 0 spiro atoms. The Balaban J connectivity index is 1.82. The van der Waals surface area contributed by atoms with Gasteiger partial charge in [-0.25, -0.2) is 4.79 Å². The molecule has 2 aromatic rings. The lowest BCUT2D eigenvalue weighted by Crippen LogP contribution is -2.18. The third-order valence-electron chi connectivity index (χ3n) is 3.54. The molecule has 0 radical (unpaired) electrons. The highest BCUT2D eigenvalue weighted by atomic mass is 16.5. The van der Waals surface area contributed by atoms with Crippen molar-refractivity contribution in [1.82, 2.24) is 0 Å². The van der Waals surface area contributed by atoms with Crippen molar-refractivity contribution >= 4 is 17.7 Å². The van der Waals surface area contributed by atoms with Crippen LogP contribution in [0.15, 0.2) is 60.7 Å². The van der Waals surface area contributed by atoms with E-state index in [1.54, 1.807) is 36.4 Å². The van der Waals surface area contributed by atoms with Gasteiger partial charge in [-0.15, -0.1) is 0 Å². The molecule has 2 rings (SSSR count). The molecule has 0 bridgehead atoms. The second kappa shape index (κ2) is 8.76. The molecule has 0 amide bonds. The van der Waals surface area contributed by atoms with E-state index >= 15 is 0 Å². The second-order valence-electron chi connectivity index (χ2n) is 5.94. The SMILES string of the molecule is C=C(CC(=O)Oc1cccc(C)c1)C(=O)OCC(=O)c1cccc(C)c1. The van der Waals surface area contributed by atoms with Crippen molar-refractivity contribution in [2.24, 2.45) is 0 Å². The highest BCUT2D eigenvalue weighted by Gasteiger charge is 2.17. The van der Waals surface area contributed by atoms with Gasteiger partial charge in [0.1, 0.15) is 5.75 Å². The molecule has 0 aliphatic carbocycles. The highest BCUT2D eigenvalue weighted by molar-refractivity contribution is 6.00. The molecule has 0 unspecified atom stereocenters. The van der Waals surface area contributed by atoms with Gasteiger partial charge < -0.3 is 9.47 Å². The summed E-state index contributed by atoms with van der Waals surface area (Å²) < 4.78 is 10.1. The molecule has 5 nitrogen and oxygen atoms in total. The van der Waals surface area contributed by atoms with Gasteiger partial charge in [-0.2, -0.15) is 0 Å². The summed E-state index contributed by atoms with van der Waals surface area (Å²) in [7, 11) is 0. The molecule has 0 N–H and O–H groups in total. The molecule has 0 heterocycles. The maximum Gasteiger partial charge on any atom is 0.334 e. The Labute approximate surface area is 152 Å². The van der Waals surface area contributed by atoms with Crippen molar-refractivity contribution in [3.63, 3.8) is 0 Å². The first kappa shape index (κ1) is 19.1. The zero-order chi connectivity index (χ0) is 19.1. The highest BCUT2D eigenvalue weighted by Crippen LogP contribution is 2.14. The first-order chi connectivity index (χ1) is 12.3. The predicted molar refractivity (Wildman–Crippen MR) is 97.0 cm³/mol. The second-order valence-corrected chi connectivity index (χ2v) is 5.94. The van der Waals surface area contributed by atoms with Crippen LogP contribution in [0, 0.1) is 13.8 Å². The number of hydrogen-bond acceptors (Lipinski definition) is 5. The topological polar surface area (TPSA) is 69.7 Å². The number of aryl methyl sites for hydroxylation is 2. The number of ether oxygens (including phenoxy) is 2. The van der Waals surface area contributed by atoms with Gasteiger partial charge in [-0.05, 0) is 37.6 Å². The average Bonchev–Trinajstić information content (AvgIpc) is 2.59. The summed E-state index contributed by atoms with van der Waals surface area (Å²) in [6, 6.07) is 14.0. The molecule has 0 fully saturated rings. The summed E-state index contributed by atoms with van der Waals surface area (Å²) in [5, 5.41) is 0. The number of rotatable bonds is 7. The van der Waals surface area contributed by atoms with E-state index in [2.05, 4.69) is 6.58 Å². The number of esters is 2. The van der Waals surface area contributed by atoms with Crippen LogP contribution in [0.1, 0.15) is 27.9 Å². The summed E-state index contributed by atoms with van der Waals surface area (Å²) in [5.74, 6) is -1.35. The first-order valence-electron chi connectivity index (χ1n) is 8.07. The first-order valence-corrected chi connectivity index (χ1v) is 8.07. The predicted octanol–water partition coefficient (Wildman–Crippen LogP) is 3.58. The van der Waals surface area contributed by atoms with Crippen LogP contribution in [-0.2, 0) is 14.3 Å². The van der Waals surface area contributed by atoms with E-state index in [1.165, 1.54) is 0 Å². The summed E-state index contributed by atoms with van der Waals surface area (Å²) in [5.41, 5.74) is 2.27. The van der Waals surface area contributed by atoms with Crippen molar-refractivity contribution in [3.8, 4) is 5.75 Å². The molecule has 26 heavy (non-hydrogen) atoms. The average molecular weight is 352 g/mol. The largest absolute Gasteiger partial charge is 0.454 e. The standard InChI is InChI=1S/C21H20O5/c1-14-6-4-8-17(10-14)19(22)13-25-21(24)16(3)12-20(23)26-18-9-5-7-15(2)11-18/h4-11H,3,12-13H2,1-2H3. The van der Waals surface area contributed by atoms with E-state index in [9.17, 15) is 14.4 Å². The van der Waals surface area contributed by atoms with Crippen molar-refractivity contribution in [2.45, 2.75) is 20.3 Å². The molecule has 5 heteroatoms. The van der Waals surface area contributed by atoms with Crippen LogP contribution < -0.4 is 4.74 Å². The fourth-order valence-electron chi connectivity index (χ4n) is 2.23. The third-order valence-corrected chi connectivity index (χ3v) is 3.54. The summed E-state index contributed by atoms with van der Waals surface area (Å²) in [6.45, 7) is 6.86. The molecular weight excluding hydrogens is 332 g/mol. The van der Waals surface area contributed by atoms with Gasteiger partial charge in [0.05, 0.1) is 6.42 Å². The molecule has 134 valence electrons. The number of ketones is 1. The van der Waals surface area contributed by atoms with Gasteiger partial charge in [0, 0.05) is 11.1 Å². The molecule has 0 aliphatic heterocycles. The van der Waals surface area contributed by atoms with Gasteiger partial charge >= 0.3 is 11.9 Å². The molecule has 0 saturated carbocycles. The lowest BCUT2D eigenvalue weighted by molar-refractivity contribution is -0.141. The smallest absolute Gasteiger partial charge is 0.334 e. The minimum atomic E-state index is -0.799. The van der Waals surface area contributed by atoms with Gasteiger partial charge in [0.25, 0.3) is 0 Å². The van der Waals surface area contributed by atoms with E-state index in [4.69, 9.17) is 9.47 Å². The van der Waals surface area contributed by atoms with E-state index in [0.717, 1.165) is 11.1 Å². The van der Waals surface area contributed by atoms with Crippen LogP contribution in [0.4, 0.5) is 0 Å². The van der Waals surface area contributed by atoms with E-state index in [1.807, 2.05) is 26.0 Å². The summed E-state index contributed by atoms with van der Waals surface area (Å²) in [6.07, 6.45) is -0.314.